The SMILES string of the molecule is Nc1ncc2cc(NC(=O)C=CCBr)ccc2n1. The number of nitrogens with two attached hydrogens (primary N) is 1. The van der Waals surface area contributed by atoms with Gasteiger partial charge in [-0.15, -0.1) is 0 Å². The second-order valence-electron chi connectivity index (χ2n) is 3.55. The van der Waals surface area contributed by atoms with Gasteiger partial charge in [-0.05, 0) is 18.2 Å². The average Bonchev–Trinajstić information content (AvgIpc) is 2.36. The molecule has 0 saturated carbocycles. The molecule has 92 valence electrons. The largest absolute Gasteiger partial charge is 0.368 e. The van der Waals surface area contributed by atoms with Crippen LogP contribution in [-0.4, -0.2) is 21.2 Å². The number of nitrogens with one attached hydrogen (secondary N) is 1. The molecule has 0 aliphatic rings. The van der Waals surface area contributed by atoms with E-state index in [-0.39, 0.29) is 11.9 Å². The van der Waals surface area contributed by atoms with Gasteiger partial charge in [0.1, 0.15) is 0 Å². The lowest BCUT2D eigenvalue weighted by atomic mass is 10.2. The minimum Gasteiger partial charge on any atom is -0.368 e. The number of rotatable bonds is 3. The third-order valence-corrected chi connectivity index (χ3v) is 2.60. The Labute approximate surface area is 112 Å². The number of carbonyl (C=O) groups is 1. The summed E-state index contributed by atoms with van der Waals surface area (Å²) in [6.07, 6.45) is 4.82. The summed E-state index contributed by atoms with van der Waals surface area (Å²) in [4.78, 5) is 19.5. The smallest absolute Gasteiger partial charge is 0.248 e. The summed E-state index contributed by atoms with van der Waals surface area (Å²) >= 11 is 3.21. The molecule has 0 unspecified atom stereocenters. The van der Waals surface area contributed by atoms with Gasteiger partial charge in [0.2, 0.25) is 11.9 Å². The number of alkyl halides is 1. The van der Waals surface area contributed by atoms with Crippen molar-refractivity contribution in [3.63, 3.8) is 0 Å². The zero-order valence-electron chi connectivity index (χ0n) is 9.43. The molecule has 1 aromatic carbocycles. The van der Waals surface area contributed by atoms with Gasteiger partial charge in [-0.25, -0.2) is 9.97 Å². The maximum absolute atomic E-state index is 11.5. The van der Waals surface area contributed by atoms with Gasteiger partial charge in [-0.3, -0.25) is 4.79 Å². The molecule has 0 aliphatic carbocycles. The lowest BCUT2D eigenvalue weighted by molar-refractivity contribution is -0.111. The highest BCUT2D eigenvalue weighted by molar-refractivity contribution is 9.09. The topological polar surface area (TPSA) is 80.9 Å². The number of hydrogen-bond acceptors (Lipinski definition) is 4. The van der Waals surface area contributed by atoms with Crippen LogP contribution in [0.5, 0.6) is 0 Å². The molecule has 0 aliphatic heterocycles. The first-order valence-corrected chi connectivity index (χ1v) is 6.37. The molecule has 0 atom stereocenters. The summed E-state index contributed by atoms with van der Waals surface area (Å²) in [6, 6.07) is 5.36. The molecule has 0 saturated heterocycles. The lowest BCUT2D eigenvalue weighted by Crippen LogP contribution is -2.07. The normalized spacial score (nSPS) is 10.9. The van der Waals surface area contributed by atoms with Crippen molar-refractivity contribution < 1.29 is 4.79 Å². The molecule has 0 fully saturated rings. The fourth-order valence-corrected chi connectivity index (χ4v) is 1.65. The summed E-state index contributed by atoms with van der Waals surface area (Å²) in [5.41, 5.74) is 6.93. The standard InChI is InChI=1S/C12H11BrN4O/c13-5-1-2-11(18)16-9-3-4-10-8(6-9)7-15-12(14)17-10/h1-4,6-7H,5H2,(H,16,18)(H2,14,15,17). The van der Waals surface area contributed by atoms with Crippen molar-refractivity contribution in [3.05, 3.63) is 36.5 Å². The molecule has 0 radical (unpaired) electrons. The van der Waals surface area contributed by atoms with Crippen molar-refractivity contribution in [2.24, 2.45) is 0 Å². The Hall–Kier alpha value is -1.95. The molecule has 5 nitrogen and oxygen atoms in total. The number of hydrogen-bond donors (Lipinski definition) is 2. The number of carbonyl (C=O) groups excluding carboxylic acids is 1. The highest BCUT2D eigenvalue weighted by atomic mass is 79.9. The minimum absolute atomic E-state index is 0.176. The fourth-order valence-electron chi connectivity index (χ4n) is 1.46. The highest BCUT2D eigenvalue weighted by Gasteiger charge is 2.01. The Bertz CT molecular complexity index is 612. The first kappa shape index (κ1) is 12.5. The molecule has 1 heterocycles. The number of aromatic nitrogens is 2. The van der Waals surface area contributed by atoms with E-state index in [0.717, 1.165) is 10.9 Å². The molecule has 18 heavy (non-hydrogen) atoms. The first-order chi connectivity index (χ1) is 8.69. The van der Waals surface area contributed by atoms with E-state index in [1.807, 2.05) is 0 Å². The second-order valence-corrected chi connectivity index (χ2v) is 4.20. The predicted octanol–water partition coefficient (Wildman–Crippen LogP) is 2.10. The van der Waals surface area contributed by atoms with E-state index in [1.165, 1.54) is 6.08 Å². The van der Waals surface area contributed by atoms with Crippen LogP contribution in [0.1, 0.15) is 0 Å². The molecule has 3 N–H and O–H groups in total. The van der Waals surface area contributed by atoms with Crippen LogP contribution in [0.15, 0.2) is 36.5 Å². The molecule has 0 spiro atoms. The monoisotopic (exact) mass is 306 g/mol. The summed E-state index contributed by atoms with van der Waals surface area (Å²) in [7, 11) is 0. The van der Waals surface area contributed by atoms with Gasteiger partial charge < -0.3 is 11.1 Å². The van der Waals surface area contributed by atoms with Crippen molar-refractivity contribution in [1.29, 1.82) is 0 Å². The van der Waals surface area contributed by atoms with Crippen LogP contribution in [-0.2, 0) is 4.79 Å². The number of nitrogens with zero attached hydrogens (tertiary/aromatic N) is 2. The molecular weight excluding hydrogens is 296 g/mol. The quantitative estimate of drug-likeness (QED) is 0.672. The zero-order chi connectivity index (χ0) is 13.0. The number of fused-ring (bicyclic) bond motifs is 1. The maximum Gasteiger partial charge on any atom is 0.248 e. The Morgan fingerprint density at radius 3 is 3.11 bits per heavy atom. The van der Waals surface area contributed by atoms with Crippen molar-refractivity contribution in [1.82, 2.24) is 9.97 Å². The summed E-state index contributed by atoms with van der Waals surface area (Å²) in [6.45, 7) is 0. The predicted molar refractivity (Wildman–Crippen MR) is 75.5 cm³/mol. The average molecular weight is 307 g/mol. The summed E-state index contributed by atoms with van der Waals surface area (Å²) in [5.74, 6) is 0.0599. The molecule has 6 heteroatoms. The van der Waals surface area contributed by atoms with E-state index in [0.29, 0.717) is 11.0 Å². The lowest BCUT2D eigenvalue weighted by Gasteiger charge is -2.04. The van der Waals surface area contributed by atoms with Crippen molar-refractivity contribution in [2.45, 2.75) is 0 Å². The van der Waals surface area contributed by atoms with Crippen molar-refractivity contribution in [3.8, 4) is 0 Å². The van der Waals surface area contributed by atoms with Gasteiger partial charge in [-0.1, -0.05) is 22.0 Å². The first-order valence-electron chi connectivity index (χ1n) is 5.25. The third kappa shape index (κ3) is 3.04. The van der Waals surface area contributed by atoms with Crippen LogP contribution in [0.25, 0.3) is 10.9 Å². The maximum atomic E-state index is 11.5. The summed E-state index contributed by atoms with van der Waals surface area (Å²) in [5, 5.41) is 4.22. The van der Waals surface area contributed by atoms with E-state index < -0.39 is 0 Å². The van der Waals surface area contributed by atoms with E-state index in [2.05, 4.69) is 31.2 Å². The Morgan fingerprint density at radius 2 is 2.33 bits per heavy atom. The Morgan fingerprint density at radius 1 is 1.50 bits per heavy atom. The second kappa shape index (κ2) is 5.59. The van der Waals surface area contributed by atoms with Gasteiger partial charge in [0, 0.05) is 28.7 Å². The number of allylic oxidation sites excluding steroid dienone is 1. The van der Waals surface area contributed by atoms with Crippen LogP contribution in [0.4, 0.5) is 11.6 Å². The van der Waals surface area contributed by atoms with Crippen molar-refractivity contribution >= 4 is 44.4 Å². The van der Waals surface area contributed by atoms with Gasteiger partial charge >= 0.3 is 0 Å². The molecule has 1 amide bonds. The van der Waals surface area contributed by atoms with Crippen molar-refractivity contribution in [2.75, 3.05) is 16.4 Å². The molecular formula is C12H11BrN4O. The van der Waals surface area contributed by atoms with Gasteiger partial charge in [0.25, 0.3) is 0 Å². The number of nitrogen functional groups attached to an aromatic ring is 1. The van der Waals surface area contributed by atoms with E-state index in [1.54, 1.807) is 30.5 Å². The molecule has 2 rings (SSSR count). The van der Waals surface area contributed by atoms with E-state index in [9.17, 15) is 4.79 Å². The number of benzene rings is 1. The van der Waals surface area contributed by atoms with E-state index >= 15 is 0 Å². The number of amides is 1. The molecule has 1 aromatic heterocycles. The third-order valence-electron chi connectivity index (χ3n) is 2.22. The van der Waals surface area contributed by atoms with Crippen LogP contribution >= 0.6 is 15.9 Å². The Kier molecular flexibility index (Phi) is 3.88. The van der Waals surface area contributed by atoms with Gasteiger partial charge in [0.05, 0.1) is 5.52 Å². The van der Waals surface area contributed by atoms with Gasteiger partial charge in [-0.2, -0.15) is 0 Å². The highest BCUT2D eigenvalue weighted by Crippen LogP contribution is 2.17. The van der Waals surface area contributed by atoms with E-state index in [4.69, 9.17) is 5.73 Å². The number of anilines is 2. The van der Waals surface area contributed by atoms with Gasteiger partial charge in [0.15, 0.2) is 0 Å². The van der Waals surface area contributed by atoms with Crippen LogP contribution in [0.3, 0.4) is 0 Å². The number of halogens is 1. The molecule has 0 bridgehead atoms. The summed E-state index contributed by atoms with van der Waals surface area (Å²) < 4.78 is 0. The Balaban J connectivity index is 2.22. The van der Waals surface area contributed by atoms with Crippen LogP contribution in [0, 0.1) is 0 Å². The zero-order valence-corrected chi connectivity index (χ0v) is 11.0. The van der Waals surface area contributed by atoms with Crippen LogP contribution in [0.2, 0.25) is 0 Å². The minimum atomic E-state index is -0.176. The molecule has 2 aromatic rings. The fraction of sp³-hybridized carbons (Fsp3) is 0.0833. The van der Waals surface area contributed by atoms with Crippen LogP contribution < -0.4 is 11.1 Å².